The number of amides is 1. The number of anilines is 1. The maximum absolute atomic E-state index is 12.6. The number of carbonyl (C=O) groups is 1. The van der Waals surface area contributed by atoms with Gasteiger partial charge in [-0.05, 0) is 73.5 Å². The number of nitrogens with zero attached hydrogens (tertiary/aromatic N) is 1. The van der Waals surface area contributed by atoms with Gasteiger partial charge in [-0.25, -0.2) is 4.98 Å². The number of hydrogen-bond acceptors (Lipinski definition) is 3. The van der Waals surface area contributed by atoms with Crippen molar-refractivity contribution in [2.45, 2.75) is 20.3 Å². The van der Waals surface area contributed by atoms with Crippen molar-refractivity contribution in [1.29, 1.82) is 0 Å². The molecule has 4 aromatic rings. The quantitative estimate of drug-likeness (QED) is 0.389. The first-order chi connectivity index (χ1) is 14.5. The number of benzene rings is 3. The highest BCUT2D eigenvalue weighted by Gasteiger charge is 2.10. The van der Waals surface area contributed by atoms with Crippen molar-refractivity contribution >= 4 is 34.2 Å². The van der Waals surface area contributed by atoms with E-state index in [1.807, 2.05) is 62.4 Å². The summed E-state index contributed by atoms with van der Waals surface area (Å²) in [4.78, 5) is 20.5. The molecule has 1 amide bonds. The molecule has 152 valence electrons. The van der Waals surface area contributed by atoms with Crippen LogP contribution in [0, 0.1) is 6.92 Å². The molecule has 0 unspecified atom stereocenters. The van der Waals surface area contributed by atoms with Crippen LogP contribution < -0.4 is 10.1 Å². The predicted molar refractivity (Wildman–Crippen MR) is 121 cm³/mol. The number of aromatic nitrogens is 2. The molecule has 30 heavy (non-hydrogen) atoms. The maximum atomic E-state index is 12.6. The van der Waals surface area contributed by atoms with Crippen molar-refractivity contribution in [3.05, 3.63) is 76.8 Å². The van der Waals surface area contributed by atoms with Crippen molar-refractivity contribution < 1.29 is 9.53 Å². The molecule has 0 aliphatic heterocycles. The van der Waals surface area contributed by atoms with E-state index in [9.17, 15) is 4.79 Å². The summed E-state index contributed by atoms with van der Waals surface area (Å²) in [5.41, 5.74) is 4.95. The molecule has 0 saturated heterocycles. The van der Waals surface area contributed by atoms with Gasteiger partial charge in [-0.3, -0.25) is 4.79 Å². The lowest BCUT2D eigenvalue weighted by Crippen LogP contribution is -2.12. The highest BCUT2D eigenvalue weighted by molar-refractivity contribution is 6.32. The van der Waals surface area contributed by atoms with Crippen molar-refractivity contribution in [1.82, 2.24) is 9.97 Å². The van der Waals surface area contributed by atoms with Crippen LogP contribution in [0.25, 0.3) is 22.4 Å². The molecule has 1 aromatic heterocycles. The minimum atomic E-state index is -0.182. The minimum Gasteiger partial charge on any atom is -0.494 e. The van der Waals surface area contributed by atoms with E-state index >= 15 is 0 Å². The Kier molecular flexibility index (Phi) is 5.72. The molecule has 0 fully saturated rings. The van der Waals surface area contributed by atoms with Gasteiger partial charge >= 0.3 is 0 Å². The summed E-state index contributed by atoms with van der Waals surface area (Å²) >= 11 is 6.20. The van der Waals surface area contributed by atoms with Gasteiger partial charge in [0.05, 0.1) is 17.6 Å². The van der Waals surface area contributed by atoms with Crippen molar-refractivity contribution in [2.75, 3.05) is 11.9 Å². The lowest BCUT2D eigenvalue weighted by Gasteiger charge is -2.08. The van der Waals surface area contributed by atoms with E-state index < -0.39 is 0 Å². The Morgan fingerprint density at radius 2 is 1.93 bits per heavy atom. The summed E-state index contributed by atoms with van der Waals surface area (Å²) in [6, 6.07) is 18.6. The summed E-state index contributed by atoms with van der Waals surface area (Å²) in [5, 5.41) is 3.62. The molecule has 0 atom stereocenters. The molecule has 1 heterocycles. The maximum Gasteiger partial charge on any atom is 0.255 e. The fourth-order valence-electron chi connectivity index (χ4n) is 3.14. The molecular formula is C24H22ClN3O2. The van der Waals surface area contributed by atoms with E-state index in [1.54, 1.807) is 12.1 Å². The lowest BCUT2D eigenvalue weighted by molar-refractivity contribution is 0.102. The van der Waals surface area contributed by atoms with Crippen LogP contribution in [0.3, 0.4) is 0 Å². The number of aryl methyl sites for hydroxylation is 1. The molecule has 6 heteroatoms. The van der Waals surface area contributed by atoms with Crippen LogP contribution in [-0.2, 0) is 0 Å². The Morgan fingerprint density at radius 1 is 1.13 bits per heavy atom. The summed E-state index contributed by atoms with van der Waals surface area (Å²) in [5.74, 6) is 1.27. The molecule has 4 rings (SSSR count). The number of rotatable bonds is 6. The SMILES string of the molecule is CCCOc1cccc(C(=O)Nc2ccc(-c3nc4cc(Cl)c(C)cc4[nH]3)cc2)c1. The normalized spacial score (nSPS) is 10.9. The number of ether oxygens (including phenoxy) is 1. The fourth-order valence-corrected chi connectivity index (χ4v) is 3.30. The Bertz CT molecular complexity index is 1160. The number of H-pyrrole nitrogens is 1. The largest absolute Gasteiger partial charge is 0.494 e. The first-order valence-corrected chi connectivity index (χ1v) is 10.2. The van der Waals surface area contributed by atoms with Gasteiger partial charge in [0.2, 0.25) is 0 Å². The first kappa shape index (κ1) is 20.0. The van der Waals surface area contributed by atoms with Crippen LogP contribution in [0.1, 0.15) is 29.3 Å². The second-order valence-electron chi connectivity index (χ2n) is 7.11. The summed E-state index contributed by atoms with van der Waals surface area (Å²) in [6.45, 7) is 4.63. The molecule has 0 aliphatic rings. The second kappa shape index (κ2) is 8.59. The number of carbonyl (C=O) groups excluding carboxylic acids is 1. The standard InChI is InChI=1S/C24H22ClN3O2/c1-3-11-30-19-6-4-5-17(13-19)24(29)26-18-9-7-16(8-10-18)23-27-21-12-15(2)20(25)14-22(21)28-23/h4-10,12-14H,3,11H2,1-2H3,(H,26,29)(H,27,28). The molecule has 5 nitrogen and oxygen atoms in total. The van der Waals surface area contributed by atoms with Crippen molar-refractivity contribution in [3.8, 4) is 17.1 Å². The van der Waals surface area contributed by atoms with Crippen molar-refractivity contribution in [3.63, 3.8) is 0 Å². The number of hydrogen-bond donors (Lipinski definition) is 2. The van der Waals surface area contributed by atoms with Crippen LogP contribution in [0.2, 0.25) is 5.02 Å². The molecule has 0 spiro atoms. The number of imidazole rings is 1. The molecule has 0 saturated carbocycles. The van der Waals surface area contributed by atoms with Gasteiger partial charge in [0.1, 0.15) is 11.6 Å². The fraction of sp³-hybridized carbons (Fsp3) is 0.167. The lowest BCUT2D eigenvalue weighted by atomic mass is 10.1. The van der Waals surface area contributed by atoms with E-state index in [0.717, 1.165) is 34.4 Å². The molecule has 3 aromatic carbocycles. The van der Waals surface area contributed by atoms with Gasteiger partial charge in [-0.1, -0.05) is 24.6 Å². The highest BCUT2D eigenvalue weighted by atomic mass is 35.5. The van der Waals surface area contributed by atoms with E-state index in [-0.39, 0.29) is 5.91 Å². The van der Waals surface area contributed by atoms with Crippen LogP contribution in [-0.4, -0.2) is 22.5 Å². The van der Waals surface area contributed by atoms with E-state index in [0.29, 0.717) is 28.6 Å². The second-order valence-corrected chi connectivity index (χ2v) is 7.52. The monoisotopic (exact) mass is 419 g/mol. The van der Waals surface area contributed by atoms with Gasteiger partial charge in [0.15, 0.2) is 0 Å². The summed E-state index contributed by atoms with van der Waals surface area (Å²) < 4.78 is 5.60. The van der Waals surface area contributed by atoms with E-state index in [1.165, 1.54) is 0 Å². The zero-order chi connectivity index (χ0) is 21.1. The zero-order valence-corrected chi connectivity index (χ0v) is 17.6. The van der Waals surface area contributed by atoms with Gasteiger partial charge in [-0.15, -0.1) is 0 Å². The third-order valence-corrected chi connectivity index (χ3v) is 5.15. The van der Waals surface area contributed by atoms with Crippen molar-refractivity contribution in [2.24, 2.45) is 0 Å². The smallest absolute Gasteiger partial charge is 0.255 e. The number of aromatic amines is 1. The first-order valence-electron chi connectivity index (χ1n) is 9.84. The Labute approximate surface area is 180 Å². The van der Waals surface area contributed by atoms with Crippen LogP contribution in [0.5, 0.6) is 5.75 Å². The third kappa shape index (κ3) is 4.31. The third-order valence-electron chi connectivity index (χ3n) is 4.75. The average Bonchev–Trinajstić information content (AvgIpc) is 3.16. The number of halogens is 1. The van der Waals surface area contributed by atoms with E-state index in [2.05, 4.69) is 15.3 Å². The summed E-state index contributed by atoms with van der Waals surface area (Å²) in [7, 11) is 0. The minimum absolute atomic E-state index is 0.182. The molecule has 0 aliphatic carbocycles. The number of nitrogens with one attached hydrogen (secondary N) is 2. The van der Waals surface area contributed by atoms with Crippen LogP contribution in [0.15, 0.2) is 60.7 Å². The van der Waals surface area contributed by atoms with E-state index in [4.69, 9.17) is 16.3 Å². The van der Waals surface area contributed by atoms with Gasteiger partial charge in [0.25, 0.3) is 5.91 Å². The van der Waals surface area contributed by atoms with Gasteiger partial charge in [0, 0.05) is 21.8 Å². The topological polar surface area (TPSA) is 67.0 Å². The number of fused-ring (bicyclic) bond motifs is 1. The average molecular weight is 420 g/mol. The molecule has 2 N–H and O–H groups in total. The highest BCUT2D eigenvalue weighted by Crippen LogP contribution is 2.26. The zero-order valence-electron chi connectivity index (χ0n) is 16.8. The van der Waals surface area contributed by atoms with Gasteiger partial charge in [-0.2, -0.15) is 0 Å². The Morgan fingerprint density at radius 3 is 2.70 bits per heavy atom. The van der Waals surface area contributed by atoms with Gasteiger partial charge < -0.3 is 15.0 Å². The molecule has 0 bridgehead atoms. The van der Waals surface area contributed by atoms with Crippen LogP contribution >= 0.6 is 11.6 Å². The predicted octanol–water partition coefficient (Wildman–Crippen LogP) is 6.23. The Balaban J connectivity index is 1.49. The summed E-state index contributed by atoms with van der Waals surface area (Å²) in [6.07, 6.45) is 0.917. The molecular weight excluding hydrogens is 398 g/mol. The van der Waals surface area contributed by atoms with Crippen LogP contribution in [0.4, 0.5) is 5.69 Å². The molecule has 0 radical (unpaired) electrons. The Hall–Kier alpha value is -3.31.